The standard InChI is InChI=1S/C19H21N3O3/c1-12-5-13(2)19-14(11-25-17(19)6-12)7-18(24)21-9-15-8-20-22(3-4-23)16(15)10-21/h5-6,8,11,23H,3-4,7,9-10H2,1-2H3. The number of rotatable bonds is 4. The van der Waals surface area contributed by atoms with Crippen molar-refractivity contribution in [2.75, 3.05) is 6.61 Å². The van der Waals surface area contributed by atoms with Gasteiger partial charge in [-0.2, -0.15) is 5.10 Å². The summed E-state index contributed by atoms with van der Waals surface area (Å²) in [6.45, 7) is 5.71. The Balaban J connectivity index is 1.54. The summed E-state index contributed by atoms with van der Waals surface area (Å²) < 4.78 is 7.44. The van der Waals surface area contributed by atoms with Gasteiger partial charge in [-0.3, -0.25) is 9.48 Å². The van der Waals surface area contributed by atoms with Gasteiger partial charge in [-0.05, 0) is 31.0 Å². The second kappa shape index (κ2) is 6.04. The maximum Gasteiger partial charge on any atom is 0.227 e. The molecule has 0 saturated heterocycles. The molecule has 0 saturated carbocycles. The Labute approximate surface area is 145 Å². The van der Waals surface area contributed by atoms with Crippen LogP contribution in [0.25, 0.3) is 11.0 Å². The summed E-state index contributed by atoms with van der Waals surface area (Å²) in [5.74, 6) is 0.0782. The first-order valence-electron chi connectivity index (χ1n) is 8.46. The van der Waals surface area contributed by atoms with Crippen molar-refractivity contribution in [2.24, 2.45) is 0 Å². The number of aliphatic hydroxyl groups is 1. The second-order valence-corrected chi connectivity index (χ2v) is 6.71. The van der Waals surface area contributed by atoms with Gasteiger partial charge in [0, 0.05) is 23.1 Å². The van der Waals surface area contributed by atoms with Gasteiger partial charge in [-0.1, -0.05) is 6.07 Å². The van der Waals surface area contributed by atoms with Crippen molar-refractivity contribution in [3.05, 3.63) is 52.5 Å². The van der Waals surface area contributed by atoms with Crippen LogP contribution in [0.1, 0.15) is 27.9 Å². The number of amides is 1. The summed E-state index contributed by atoms with van der Waals surface area (Å²) in [5, 5.41) is 14.4. The number of benzene rings is 1. The molecule has 0 fully saturated rings. The first-order chi connectivity index (χ1) is 12.1. The minimum absolute atomic E-state index is 0.0434. The zero-order chi connectivity index (χ0) is 17.6. The Morgan fingerprint density at radius 2 is 2.16 bits per heavy atom. The van der Waals surface area contributed by atoms with Gasteiger partial charge in [0.25, 0.3) is 0 Å². The zero-order valence-corrected chi connectivity index (χ0v) is 14.5. The van der Waals surface area contributed by atoms with Gasteiger partial charge in [0.05, 0.1) is 44.3 Å². The topological polar surface area (TPSA) is 71.5 Å². The predicted octanol–water partition coefficient (Wildman–Crippen LogP) is 2.32. The summed E-state index contributed by atoms with van der Waals surface area (Å²) in [7, 11) is 0. The van der Waals surface area contributed by atoms with Gasteiger partial charge < -0.3 is 14.4 Å². The van der Waals surface area contributed by atoms with Crippen molar-refractivity contribution < 1.29 is 14.3 Å². The van der Waals surface area contributed by atoms with Crippen LogP contribution in [0, 0.1) is 13.8 Å². The number of fused-ring (bicyclic) bond motifs is 2. The fraction of sp³-hybridized carbons (Fsp3) is 0.368. The molecule has 1 aromatic carbocycles. The molecule has 1 amide bonds. The number of carbonyl (C=O) groups is 1. The third-order valence-electron chi connectivity index (χ3n) is 4.84. The molecule has 6 nitrogen and oxygen atoms in total. The Hall–Kier alpha value is -2.60. The third-order valence-corrected chi connectivity index (χ3v) is 4.84. The van der Waals surface area contributed by atoms with Crippen LogP contribution in [0.3, 0.4) is 0 Å². The molecule has 0 unspecified atom stereocenters. The van der Waals surface area contributed by atoms with Crippen LogP contribution in [0.15, 0.2) is 29.0 Å². The molecule has 0 atom stereocenters. The molecular formula is C19H21N3O3. The molecule has 4 rings (SSSR count). The van der Waals surface area contributed by atoms with E-state index in [1.807, 2.05) is 24.8 Å². The molecule has 25 heavy (non-hydrogen) atoms. The number of furan rings is 1. The van der Waals surface area contributed by atoms with Crippen molar-refractivity contribution in [3.8, 4) is 0 Å². The van der Waals surface area contributed by atoms with E-state index in [0.717, 1.165) is 38.9 Å². The quantitative estimate of drug-likeness (QED) is 0.792. The summed E-state index contributed by atoms with van der Waals surface area (Å²) in [5.41, 5.74) is 6.14. The van der Waals surface area contributed by atoms with E-state index in [9.17, 15) is 4.79 Å². The SMILES string of the molecule is Cc1cc(C)c2c(CC(=O)N3Cc4cnn(CCO)c4C3)coc2c1. The van der Waals surface area contributed by atoms with E-state index in [2.05, 4.69) is 11.2 Å². The van der Waals surface area contributed by atoms with Crippen LogP contribution in [0.2, 0.25) is 0 Å². The van der Waals surface area contributed by atoms with Crippen LogP contribution < -0.4 is 0 Å². The van der Waals surface area contributed by atoms with Crippen LogP contribution >= 0.6 is 0 Å². The summed E-state index contributed by atoms with van der Waals surface area (Å²) in [6, 6.07) is 4.12. The van der Waals surface area contributed by atoms with Gasteiger partial charge in [0.15, 0.2) is 0 Å². The molecule has 1 N–H and O–H groups in total. The lowest BCUT2D eigenvalue weighted by Gasteiger charge is -2.16. The number of carbonyl (C=O) groups excluding carboxylic acids is 1. The molecule has 1 aliphatic heterocycles. The maximum absolute atomic E-state index is 12.8. The van der Waals surface area contributed by atoms with E-state index in [4.69, 9.17) is 9.52 Å². The van der Waals surface area contributed by atoms with E-state index in [1.165, 1.54) is 0 Å². The largest absolute Gasteiger partial charge is 0.464 e. The molecule has 130 valence electrons. The molecule has 6 heteroatoms. The predicted molar refractivity (Wildman–Crippen MR) is 93.0 cm³/mol. The summed E-state index contributed by atoms with van der Waals surface area (Å²) in [6.07, 6.45) is 3.82. The smallest absolute Gasteiger partial charge is 0.227 e. The number of hydrogen-bond donors (Lipinski definition) is 1. The molecule has 0 bridgehead atoms. The molecule has 0 spiro atoms. The van der Waals surface area contributed by atoms with Crippen molar-refractivity contribution in [1.82, 2.24) is 14.7 Å². The first kappa shape index (κ1) is 15.9. The average Bonchev–Trinajstić information content (AvgIpc) is 3.23. The van der Waals surface area contributed by atoms with Crippen LogP contribution in [0.5, 0.6) is 0 Å². The van der Waals surface area contributed by atoms with E-state index in [0.29, 0.717) is 26.1 Å². The summed E-state index contributed by atoms with van der Waals surface area (Å²) in [4.78, 5) is 14.6. The molecule has 2 aromatic heterocycles. The maximum atomic E-state index is 12.8. The molecule has 0 aliphatic carbocycles. The third kappa shape index (κ3) is 2.72. The molecule has 3 aromatic rings. The molecule has 0 radical (unpaired) electrons. The monoisotopic (exact) mass is 339 g/mol. The average molecular weight is 339 g/mol. The van der Waals surface area contributed by atoms with Crippen LogP contribution in [0.4, 0.5) is 0 Å². The number of nitrogens with zero attached hydrogens (tertiary/aromatic N) is 3. The Bertz CT molecular complexity index is 954. The van der Waals surface area contributed by atoms with Gasteiger partial charge in [-0.15, -0.1) is 0 Å². The van der Waals surface area contributed by atoms with Crippen LogP contribution in [-0.4, -0.2) is 32.3 Å². The van der Waals surface area contributed by atoms with E-state index in [1.54, 1.807) is 17.1 Å². The minimum atomic E-state index is 0.0434. The highest BCUT2D eigenvalue weighted by molar-refractivity contribution is 5.90. The second-order valence-electron chi connectivity index (χ2n) is 6.71. The normalized spacial score (nSPS) is 13.6. The Morgan fingerprint density at radius 3 is 2.96 bits per heavy atom. The van der Waals surface area contributed by atoms with Gasteiger partial charge in [0.1, 0.15) is 5.58 Å². The Kier molecular flexibility index (Phi) is 3.84. The van der Waals surface area contributed by atoms with Crippen molar-refractivity contribution in [3.63, 3.8) is 0 Å². The number of hydrogen-bond acceptors (Lipinski definition) is 4. The van der Waals surface area contributed by atoms with Gasteiger partial charge in [0.2, 0.25) is 5.91 Å². The van der Waals surface area contributed by atoms with Crippen molar-refractivity contribution in [1.29, 1.82) is 0 Å². The number of aryl methyl sites for hydroxylation is 2. The molecular weight excluding hydrogens is 318 g/mol. The fourth-order valence-corrected chi connectivity index (χ4v) is 3.70. The number of aromatic nitrogens is 2. The molecule has 3 heterocycles. The van der Waals surface area contributed by atoms with Crippen LogP contribution in [-0.2, 0) is 30.8 Å². The van der Waals surface area contributed by atoms with Gasteiger partial charge in [-0.25, -0.2) is 0 Å². The lowest BCUT2D eigenvalue weighted by Crippen LogP contribution is -2.27. The highest BCUT2D eigenvalue weighted by Crippen LogP contribution is 2.28. The minimum Gasteiger partial charge on any atom is -0.464 e. The van der Waals surface area contributed by atoms with E-state index < -0.39 is 0 Å². The van der Waals surface area contributed by atoms with Crippen molar-refractivity contribution in [2.45, 2.75) is 39.9 Å². The highest BCUT2D eigenvalue weighted by atomic mass is 16.3. The van der Waals surface area contributed by atoms with Crippen molar-refractivity contribution >= 4 is 16.9 Å². The van der Waals surface area contributed by atoms with E-state index >= 15 is 0 Å². The highest BCUT2D eigenvalue weighted by Gasteiger charge is 2.27. The number of aliphatic hydroxyl groups excluding tert-OH is 1. The lowest BCUT2D eigenvalue weighted by molar-refractivity contribution is -0.131. The summed E-state index contributed by atoms with van der Waals surface area (Å²) >= 11 is 0. The zero-order valence-electron chi connectivity index (χ0n) is 14.5. The fourth-order valence-electron chi connectivity index (χ4n) is 3.70. The van der Waals surface area contributed by atoms with Gasteiger partial charge >= 0.3 is 0 Å². The first-order valence-corrected chi connectivity index (χ1v) is 8.46. The van der Waals surface area contributed by atoms with E-state index in [-0.39, 0.29) is 12.5 Å². The lowest BCUT2D eigenvalue weighted by atomic mass is 10.0. The Morgan fingerprint density at radius 1 is 1.32 bits per heavy atom. The molecule has 1 aliphatic rings.